The predicted molar refractivity (Wildman–Crippen MR) is 74.7 cm³/mol. The largest absolute Gasteiger partial charge is 0.481 e. The van der Waals surface area contributed by atoms with Crippen molar-refractivity contribution in [1.82, 2.24) is 4.90 Å². The Morgan fingerprint density at radius 2 is 2.11 bits per heavy atom. The zero-order valence-corrected chi connectivity index (χ0v) is 12.4. The van der Waals surface area contributed by atoms with Crippen molar-refractivity contribution in [2.75, 3.05) is 19.6 Å². The SMILES string of the molecule is CC(CC(=O)O)C1CCCN(CCC(C)(C)C)C1. The van der Waals surface area contributed by atoms with Crippen molar-refractivity contribution >= 4 is 5.97 Å². The predicted octanol–water partition coefficient (Wildman–Crippen LogP) is 3.25. The third-order valence-corrected chi connectivity index (χ3v) is 4.02. The molecule has 1 saturated heterocycles. The van der Waals surface area contributed by atoms with Gasteiger partial charge >= 0.3 is 5.97 Å². The van der Waals surface area contributed by atoms with Gasteiger partial charge in [0.2, 0.25) is 0 Å². The minimum Gasteiger partial charge on any atom is -0.481 e. The fourth-order valence-electron chi connectivity index (χ4n) is 2.69. The Balaban J connectivity index is 2.38. The molecular weight excluding hydrogens is 226 g/mol. The van der Waals surface area contributed by atoms with Gasteiger partial charge in [0, 0.05) is 13.0 Å². The van der Waals surface area contributed by atoms with E-state index in [4.69, 9.17) is 5.11 Å². The molecule has 3 heteroatoms. The van der Waals surface area contributed by atoms with Crippen LogP contribution in [0.15, 0.2) is 0 Å². The maximum Gasteiger partial charge on any atom is 0.303 e. The Morgan fingerprint density at radius 3 is 2.67 bits per heavy atom. The van der Waals surface area contributed by atoms with Gasteiger partial charge in [-0.2, -0.15) is 0 Å². The molecule has 106 valence electrons. The maximum atomic E-state index is 10.8. The van der Waals surface area contributed by atoms with Gasteiger partial charge in [-0.3, -0.25) is 4.79 Å². The highest BCUT2D eigenvalue weighted by atomic mass is 16.4. The smallest absolute Gasteiger partial charge is 0.303 e. The van der Waals surface area contributed by atoms with E-state index in [9.17, 15) is 4.79 Å². The summed E-state index contributed by atoms with van der Waals surface area (Å²) in [7, 11) is 0. The number of hydrogen-bond acceptors (Lipinski definition) is 2. The summed E-state index contributed by atoms with van der Waals surface area (Å²) in [4.78, 5) is 13.3. The van der Waals surface area contributed by atoms with Gasteiger partial charge in [0.1, 0.15) is 0 Å². The molecule has 0 amide bonds. The average Bonchev–Trinajstić information content (AvgIpc) is 2.25. The van der Waals surface area contributed by atoms with E-state index in [-0.39, 0.29) is 0 Å². The van der Waals surface area contributed by atoms with Crippen LogP contribution in [0, 0.1) is 17.3 Å². The number of rotatable bonds is 5. The molecule has 1 aliphatic heterocycles. The Hall–Kier alpha value is -0.570. The second-order valence-corrected chi connectivity index (χ2v) is 7.09. The number of carbonyl (C=O) groups is 1. The molecule has 0 aromatic carbocycles. The molecule has 1 rings (SSSR count). The minimum absolute atomic E-state index is 0.305. The first kappa shape index (κ1) is 15.5. The number of hydrogen-bond donors (Lipinski definition) is 1. The monoisotopic (exact) mass is 255 g/mol. The molecule has 0 saturated carbocycles. The van der Waals surface area contributed by atoms with Crippen molar-refractivity contribution in [1.29, 1.82) is 0 Å². The number of piperidine rings is 1. The summed E-state index contributed by atoms with van der Waals surface area (Å²) in [5.74, 6) is 0.212. The number of aliphatic carboxylic acids is 1. The van der Waals surface area contributed by atoms with Crippen molar-refractivity contribution in [3.63, 3.8) is 0 Å². The Kier molecular flexibility index (Phi) is 5.64. The van der Waals surface area contributed by atoms with Crippen LogP contribution in [0.3, 0.4) is 0 Å². The lowest BCUT2D eigenvalue weighted by molar-refractivity contribution is -0.138. The van der Waals surface area contributed by atoms with Gasteiger partial charge < -0.3 is 10.0 Å². The summed E-state index contributed by atoms with van der Waals surface area (Å²) >= 11 is 0. The molecule has 2 unspecified atom stereocenters. The van der Waals surface area contributed by atoms with E-state index in [2.05, 4.69) is 32.6 Å². The fourth-order valence-corrected chi connectivity index (χ4v) is 2.69. The van der Waals surface area contributed by atoms with Crippen LogP contribution in [0.1, 0.15) is 53.4 Å². The highest BCUT2D eigenvalue weighted by Crippen LogP contribution is 2.27. The molecule has 0 aromatic rings. The van der Waals surface area contributed by atoms with Gasteiger partial charge in [-0.25, -0.2) is 0 Å². The molecule has 1 heterocycles. The van der Waals surface area contributed by atoms with Gasteiger partial charge in [-0.05, 0) is 49.6 Å². The molecule has 2 atom stereocenters. The summed E-state index contributed by atoms with van der Waals surface area (Å²) in [6.45, 7) is 12.4. The molecule has 18 heavy (non-hydrogen) atoms. The molecule has 0 radical (unpaired) electrons. The van der Waals surface area contributed by atoms with E-state index in [1.807, 2.05) is 0 Å². The Morgan fingerprint density at radius 1 is 1.44 bits per heavy atom. The summed E-state index contributed by atoms with van der Waals surface area (Å²) < 4.78 is 0. The molecule has 0 spiro atoms. The van der Waals surface area contributed by atoms with E-state index in [0.717, 1.165) is 13.1 Å². The first-order valence-electron chi connectivity index (χ1n) is 7.22. The molecule has 0 bridgehead atoms. The Bertz CT molecular complexity index is 270. The van der Waals surface area contributed by atoms with Gasteiger partial charge in [0.05, 0.1) is 0 Å². The molecule has 3 nitrogen and oxygen atoms in total. The topological polar surface area (TPSA) is 40.5 Å². The minimum atomic E-state index is -0.658. The zero-order valence-electron chi connectivity index (χ0n) is 12.4. The molecule has 1 N–H and O–H groups in total. The lowest BCUT2D eigenvalue weighted by Gasteiger charge is -2.36. The summed E-state index contributed by atoms with van der Waals surface area (Å²) in [6.07, 6.45) is 3.95. The van der Waals surface area contributed by atoms with Crippen molar-refractivity contribution in [3.05, 3.63) is 0 Å². The van der Waals surface area contributed by atoms with Crippen molar-refractivity contribution in [3.8, 4) is 0 Å². The highest BCUT2D eigenvalue weighted by Gasteiger charge is 2.26. The first-order chi connectivity index (χ1) is 8.28. The van der Waals surface area contributed by atoms with Crippen LogP contribution in [0.2, 0.25) is 0 Å². The summed E-state index contributed by atoms with van der Waals surface area (Å²) in [5, 5.41) is 8.88. The van der Waals surface area contributed by atoms with Crippen LogP contribution in [0.25, 0.3) is 0 Å². The van der Waals surface area contributed by atoms with Gasteiger partial charge in [0.15, 0.2) is 0 Å². The Labute approximate surface area is 112 Å². The van der Waals surface area contributed by atoms with E-state index >= 15 is 0 Å². The summed E-state index contributed by atoms with van der Waals surface area (Å²) in [6, 6.07) is 0. The van der Waals surface area contributed by atoms with E-state index < -0.39 is 5.97 Å². The molecular formula is C15H29NO2. The van der Waals surface area contributed by atoms with Crippen LogP contribution in [0.5, 0.6) is 0 Å². The third-order valence-electron chi connectivity index (χ3n) is 4.02. The van der Waals surface area contributed by atoms with Crippen LogP contribution < -0.4 is 0 Å². The van der Waals surface area contributed by atoms with E-state index in [1.165, 1.54) is 25.8 Å². The lowest BCUT2D eigenvalue weighted by Crippen LogP contribution is -2.39. The van der Waals surface area contributed by atoms with Gasteiger partial charge in [-0.15, -0.1) is 0 Å². The zero-order chi connectivity index (χ0) is 13.8. The second kappa shape index (κ2) is 6.55. The van der Waals surface area contributed by atoms with Gasteiger partial charge in [-0.1, -0.05) is 27.7 Å². The van der Waals surface area contributed by atoms with Crippen molar-refractivity contribution in [2.45, 2.75) is 53.4 Å². The van der Waals surface area contributed by atoms with E-state index in [1.54, 1.807) is 0 Å². The lowest BCUT2D eigenvalue weighted by atomic mass is 9.84. The normalized spacial score (nSPS) is 23.9. The van der Waals surface area contributed by atoms with Crippen molar-refractivity contribution in [2.24, 2.45) is 17.3 Å². The standard InChI is InChI=1S/C15H29NO2/c1-12(10-14(17)18)13-6-5-8-16(11-13)9-7-15(2,3)4/h12-13H,5-11H2,1-4H3,(H,17,18). The third kappa shape index (κ3) is 5.85. The molecule has 1 aliphatic rings. The summed E-state index contributed by atoms with van der Waals surface area (Å²) in [5.41, 5.74) is 0.389. The van der Waals surface area contributed by atoms with Crippen molar-refractivity contribution < 1.29 is 9.90 Å². The second-order valence-electron chi connectivity index (χ2n) is 7.09. The molecule has 1 fully saturated rings. The first-order valence-corrected chi connectivity index (χ1v) is 7.22. The number of carboxylic acid groups (broad SMARTS) is 1. The molecule has 0 aliphatic carbocycles. The van der Waals surface area contributed by atoms with Crippen LogP contribution >= 0.6 is 0 Å². The van der Waals surface area contributed by atoms with Gasteiger partial charge in [0.25, 0.3) is 0 Å². The number of likely N-dealkylation sites (tertiary alicyclic amines) is 1. The van der Waals surface area contributed by atoms with Crippen LogP contribution in [-0.2, 0) is 4.79 Å². The fraction of sp³-hybridized carbons (Fsp3) is 0.933. The average molecular weight is 255 g/mol. The quantitative estimate of drug-likeness (QED) is 0.820. The van der Waals surface area contributed by atoms with Crippen LogP contribution in [-0.4, -0.2) is 35.6 Å². The molecule has 0 aromatic heterocycles. The number of nitrogens with zero attached hydrogens (tertiary/aromatic N) is 1. The number of carboxylic acids is 1. The highest BCUT2D eigenvalue weighted by molar-refractivity contribution is 5.66. The van der Waals surface area contributed by atoms with E-state index in [0.29, 0.717) is 23.7 Å². The van der Waals surface area contributed by atoms with Crippen LogP contribution in [0.4, 0.5) is 0 Å². The maximum absolute atomic E-state index is 10.8.